The van der Waals surface area contributed by atoms with Crippen LogP contribution in [-0.4, -0.2) is 30.9 Å². The van der Waals surface area contributed by atoms with Crippen molar-refractivity contribution in [2.24, 2.45) is 0 Å². The van der Waals surface area contributed by atoms with Crippen LogP contribution >= 0.6 is 22.9 Å². The van der Waals surface area contributed by atoms with E-state index < -0.39 is 9.84 Å². The Morgan fingerprint density at radius 1 is 1.42 bits per heavy atom. The minimum absolute atomic E-state index is 0.0800. The summed E-state index contributed by atoms with van der Waals surface area (Å²) in [5, 5.41) is 3.85. The summed E-state index contributed by atoms with van der Waals surface area (Å²) < 4.78 is 24.4. The molecule has 0 radical (unpaired) electrons. The van der Waals surface area contributed by atoms with Crippen LogP contribution < -0.4 is 5.32 Å². The topological polar surface area (TPSA) is 59.1 Å². The first kappa shape index (κ1) is 13.1. The zero-order valence-electron chi connectivity index (χ0n) is 10.1. The zero-order valence-corrected chi connectivity index (χ0v) is 12.5. The Hall–Kier alpha value is -0.850. The molecule has 1 aliphatic rings. The van der Waals surface area contributed by atoms with Crippen LogP contribution in [0.1, 0.15) is 12.8 Å². The van der Waals surface area contributed by atoms with Crippen molar-refractivity contribution >= 4 is 48.7 Å². The normalized spacial score (nSPS) is 22.5. The summed E-state index contributed by atoms with van der Waals surface area (Å²) in [5.74, 6) is 0.462. The summed E-state index contributed by atoms with van der Waals surface area (Å²) in [5.41, 5.74) is 3.34. The van der Waals surface area contributed by atoms with E-state index in [4.69, 9.17) is 11.6 Å². The second kappa shape index (κ2) is 4.92. The highest BCUT2D eigenvalue weighted by Crippen LogP contribution is 2.33. The number of rotatable bonds is 2. The molecule has 3 rings (SSSR count). The van der Waals surface area contributed by atoms with Crippen LogP contribution in [0.4, 0.5) is 5.69 Å². The van der Waals surface area contributed by atoms with Crippen molar-refractivity contribution in [2.45, 2.75) is 18.9 Å². The third kappa shape index (κ3) is 2.70. The molecule has 7 heteroatoms. The van der Waals surface area contributed by atoms with E-state index in [0.29, 0.717) is 17.2 Å². The predicted molar refractivity (Wildman–Crippen MR) is 79.9 cm³/mol. The largest absolute Gasteiger partial charge is 0.378 e. The lowest BCUT2D eigenvalue weighted by molar-refractivity contribution is 0.562. The van der Waals surface area contributed by atoms with E-state index in [1.165, 1.54) is 0 Å². The number of hydrogen-bond donors (Lipinski definition) is 1. The first-order valence-electron chi connectivity index (χ1n) is 6.04. The maximum atomic E-state index is 11.7. The molecule has 2 heterocycles. The molecule has 0 amide bonds. The highest BCUT2D eigenvalue weighted by Gasteiger charge is 2.25. The van der Waals surface area contributed by atoms with Crippen molar-refractivity contribution in [3.05, 3.63) is 22.7 Å². The molecule has 1 aromatic heterocycles. The Morgan fingerprint density at radius 2 is 2.26 bits per heavy atom. The van der Waals surface area contributed by atoms with Gasteiger partial charge < -0.3 is 5.32 Å². The number of nitrogens with one attached hydrogen (secondary N) is 1. The highest BCUT2D eigenvalue weighted by atomic mass is 35.5. The number of hydrogen-bond acceptors (Lipinski definition) is 5. The molecular weight excluding hydrogens is 304 g/mol. The molecule has 1 atom stereocenters. The van der Waals surface area contributed by atoms with Crippen molar-refractivity contribution < 1.29 is 8.42 Å². The molecule has 0 bridgehead atoms. The van der Waals surface area contributed by atoms with Gasteiger partial charge in [-0.3, -0.25) is 0 Å². The van der Waals surface area contributed by atoms with Crippen molar-refractivity contribution in [2.75, 3.05) is 16.8 Å². The van der Waals surface area contributed by atoms with Gasteiger partial charge in [-0.05, 0) is 25.0 Å². The monoisotopic (exact) mass is 316 g/mol. The van der Waals surface area contributed by atoms with E-state index in [9.17, 15) is 8.42 Å². The van der Waals surface area contributed by atoms with E-state index in [0.717, 1.165) is 22.3 Å². The Balaban J connectivity index is 1.93. The van der Waals surface area contributed by atoms with Crippen LogP contribution in [0.15, 0.2) is 17.6 Å². The molecule has 1 fully saturated rings. The average molecular weight is 317 g/mol. The van der Waals surface area contributed by atoms with E-state index in [1.807, 2.05) is 12.1 Å². The fourth-order valence-electron chi connectivity index (χ4n) is 2.38. The summed E-state index contributed by atoms with van der Waals surface area (Å²) in [4.78, 5) is 4.30. The summed E-state index contributed by atoms with van der Waals surface area (Å²) in [6.45, 7) is 0. The van der Waals surface area contributed by atoms with Crippen LogP contribution in [0.25, 0.3) is 10.2 Å². The fourth-order valence-corrected chi connectivity index (χ4v) is 4.91. The van der Waals surface area contributed by atoms with Gasteiger partial charge in [0.2, 0.25) is 0 Å². The lowest BCUT2D eigenvalue weighted by Gasteiger charge is -2.24. The molecule has 1 N–H and O–H groups in total. The first-order valence-corrected chi connectivity index (χ1v) is 9.12. The maximum Gasteiger partial charge on any atom is 0.152 e. The molecule has 19 heavy (non-hydrogen) atoms. The summed E-state index contributed by atoms with van der Waals surface area (Å²) in [7, 11) is -2.93. The number of thiazole rings is 1. The van der Waals surface area contributed by atoms with Crippen LogP contribution in [0, 0.1) is 0 Å². The van der Waals surface area contributed by atoms with Gasteiger partial charge in [0.05, 0.1) is 32.4 Å². The third-order valence-electron chi connectivity index (χ3n) is 3.26. The molecule has 1 aliphatic heterocycles. The molecule has 0 aliphatic carbocycles. The van der Waals surface area contributed by atoms with Gasteiger partial charge in [-0.15, -0.1) is 11.3 Å². The van der Waals surface area contributed by atoms with Crippen LogP contribution in [-0.2, 0) is 9.84 Å². The van der Waals surface area contributed by atoms with E-state index >= 15 is 0 Å². The summed E-state index contributed by atoms with van der Waals surface area (Å²) in [6, 6.07) is 3.67. The molecule has 0 spiro atoms. The number of sulfone groups is 1. The van der Waals surface area contributed by atoms with Gasteiger partial charge in [0, 0.05) is 6.04 Å². The molecular formula is C12H13ClN2O2S2. The zero-order chi connectivity index (χ0) is 13.5. The second-order valence-electron chi connectivity index (χ2n) is 4.72. The maximum absolute atomic E-state index is 11.7. The van der Waals surface area contributed by atoms with Crippen LogP contribution in [0.3, 0.4) is 0 Å². The van der Waals surface area contributed by atoms with Crippen molar-refractivity contribution in [3.63, 3.8) is 0 Å². The van der Waals surface area contributed by atoms with Crippen molar-refractivity contribution in [1.82, 2.24) is 4.98 Å². The smallest absolute Gasteiger partial charge is 0.152 e. The molecule has 0 saturated carbocycles. The predicted octanol–water partition coefficient (Wildman–Crippen LogP) is 2.94. The Kier molecular flexibility index (Phi) is 3.41. The number of aromatic nitrogens is 1. The molecule has 2 aromatic rings. The number of anilines is 1. The summed E-state index contributed by atoms with van der Waals surface area (Å²) >= 11 is 7.75. The number of nitrogens with zero attached hydrogens (tertiary/aromatic N) is 1. The fraction of sp³-hybridized carbons (Fsp3) is 0.417. The molecule has 102 valence electrons. The second-order valence-corrected chi connectivity index (χ2v) is 8.24. The highest BCUT2D eigenvalue weighted by molar-refractivity contribution is 7.91. The average Bonchev–Trinajstić information content (AvgIpc) is 2.80. The lowest BCUT2D eigenvalue weighted by atomic mass is 10.1. The van der Waals surface area contributed by atoms with Gasteiger partial charge in [0.1, 0.15) is 5.52 Å². The SMILES string of the molecule is O=S1(=O)CCCC(Nc2c(Cl)ccc3scnc23)C1. The molecule has 1 unspecified atom stereocenters. The third-order valence-corrected chi connectivity index (χ3v) is 6.19. The van der Waals surface area contributed by atoms with Crippen LogP contribution in [0.2, 0.25) is 5.02 Å². The van der Waals surface area contributed by atoms with E-state index in [2.05, 4.69) is 10.3 Å². The van der Waals surface area contributed by atoms with Crippen molar-refractivity contribution in [1.29, 1.82) is 0 Å². The standard InChI is InChI=1S/C12H13ClN2O2S2/c13-9-3-4-10-12(14-7-18-10)11(9)15-8-2-1-5-19(16,17)6-8/h3-4,7-8,15H,1-2,5-6H2. The quantitative estimate of drug-likeness (QED) is 0.925. The molecule has 1 aromatic carbocycles. The number of fused-ring (bicyclic) bond motifs is 1. The van der Waals surface area contributed by atoms with Gasteiger partial charge in [0.25, 0.3) is 0 Å². The molecule has 4 nitrogen and oxygen atoms in total. The van der Waals surface area contributed by atoms with Gasteiger partial charge >= 0.3 is 0 Å². The first-order chi connectivity index (χ1) is 9.05. The number of halogens is 1. The number of benzene rings is 1. The van der Waals surface area contributed by atoms with E-state index in [1.54, 1.807) is 16.8 Å². The summed E-state index contributed by atoms with van der Waals surface area (Å²) in [6.07, 6.45) is 1.54. The van der Waals surface area contributed by atoms with Crippen LogP contribution in [0.5, 0.6) is 0 Å². The van der Waals surface area contributed by atoms with E-state index in [-0.39, 0.29) is 11.8 Å². The lowest BCUT2D eigenvalue weighted by Crippen LogP contribution is -2.34. The van der Waals surface area contributed by atoms with Gasteiger partial charge in [-0.2, -0.15) is 0 Å². The minimum atomic E-state index is -2.93. The van der Waals surface area contributed by atoms with Gasteiger partial charge in [0.15, 0.2) is 9.84 Å². The van der Waals surface area contributed by atoms with Gasteiger partial charge in [-0.1, -0.05) is 11.6 Å². The minimum Gasteiger partial charge on any atom is -0.378 e. The Bertz CT molecular complexity index is 712. The van der Waals surface area contributed by atoms with Crippen molar-refractivity contribution in [3.8, 4) is 0 Å². The Labute approximate surface area is 120 Å². The molecule has 1 saturated heterocycles. The Morgan fingerprint density at radius 3 is 3.05 bits per heavy atom. The van der Waals surface area contributed by atoms with Gasteiger partial charge in [-0.25, -0.2) is 13.4 Å².